The molecular weight excluding hydrogens is 276 g/mol. The largest absolute Gasteiger partial charge is 0.481 e. The van der Waals surface area contributed by atoms with Gasteiger partial charge >= 0.3 is 5.97 Å². The molecule has 0 bridgehead atoms. The van der Waals surface area contributed by atoms with E-state index in [1.54, 1.807) is 6.07 Å². The van der Waals surface area contributed by atoms with E-state index in [2.05, 4.69) is 0 Å². The summed E-state index contributed by atoms with van der Waals surface area (Å²) < 4.78 is 5.00. The number of nitrogens with zero attached hydrogens (tertiary/aromatic N) is 2. The van der Waals surface area contributed by atoms with Crippen LogP contribution < -0.4 is 0 Å². The number of piperidine rings is 1. The van der Waals surface area contributed by atoms with Gasteiger partial charge in [-0.05, 0) is 25.0 Å². The van der Waals surface area contributed by atoms with Gasteiger partial charge in [0.05, 0.1) is 18.7 Å². The number of rotatable bonds is 4. The first kappa shape index (κ1) is 15.1. The standard InChI is InChI=1S/C14H18N2O5/c1-15(13(18)11-5-3-7-21-11)9-12(17)16-6-2-4-10(8-16)14(19)20/h3,5,7,10H,2,4,6,8-9H2,1H3,(H,19,20)/t10-/m1/s1. The van der Waals surface area contributed by atoms with Crippen molar-refractivity contribution in [3.63, 3.8) is 0 Å². The molecule has 1 aliphatic heterocycles. The SMILES string of the molecule is CN(CC(=O)N1CCC[C@@H](C(=O)O)C1)C(=O)c1ccco1. The zero-order chi connectivity index (χ0) is 15.4. The lowest BCUT2D eigenvalue weighted by Crippen LogP contribution is -2.46. The van der Waals surface area contributed by atoms with Crippen LogP contribution in [0.15, 0.2) is 22.8 Å². The van der Waals surface area contributed by atoms with Crippen LogP contribution in [0.3, 0.4) is 0 Å². The van der Waals surface area contributed by atoms with Crippen molar-refractivity contribution in [1.29, 1.82) is 0 Å². The van der Waals surface area contributed by atoms with Gasteiger partial charge in [0.25, 0.3) is 5.91 Å². The second-order valence-electron chi connectivity index (χ2n) is 5.16. The van der Waals surface area contributed by atoms with Crippen LogP contribution in [0.1, 0.15) is 23.4 Å². The number of carbonyl (C=O) groups excluding carboxylic acids is 2. The molecule has 0 aliphatic carbocycles. The Bertz CT molecular complexity index is 525. The number of furan rings is 1. The van der Waals surface area contributed by atoms with E-state index in [0.29, 0.717) is 19.4 Å². The van der Waals surface area contributed by atoms with Gasteiger partial charge in [0.1, 0.15) is 0 Å². The van der Waals surface area contributed by atoms with E-state index < -0.39 is 11.9 Å². The summed E-state index contributed by atoms with van der Waals surface area (Å²) in [5, 5.41) is 9.02. The molecule has 1 saturated heterocycles. The van der Waals surface area contributed by atoms with Gasteiger partial charge in [0, 0.05) is 20.1 Å². The molecule has 7 heteroatoms. The first-order chi connectivity index (χ1) is 9.99. The van der Waals surface area contributed by atoms with Crippen molar-refractivity contribution in [1.82, 2.24) is 9.80 Å². The molecule has 21 heavy (non-hydrogen) atoms. The van der Waals surface area contributed by atoms with E-state index in [0.717, 1.165) is 0 Å². The molecule has 1 aromatic heterocycles. The average molecular weight is 294 g/mol. The number of likely N-dealkylation sites (tertiary alicyclic amines) is 1. The van der Waals surface area contributed by atoms with Crippen LogP contribution in [0.4, 0.5) is 0 Å². The number of hydrogen-bond acceptors (Lipinski definition) is 4. The van der Waals surface area contributed by atoms with Gasteiger partial charge in [-0.15, -0.1) is 0 Å². The maximum atomic E-state index is 12.2. The van der Waals surface area contributed by atoms with Gasteiger partial charge in [0.15, 0.2) is 5.76 Å². The Balaban J connectivity index is 1.91. The highest BCUT2D eigenvalue weighted by Crippen LogP contribution is 2.17. The molecule has 2 rings (SSSR count). The topological polar surface area (TPSA) is 91.1 Å². The maximum absolute atomic E-state index is 12.2. The van der Waals surface area contributed by atoms with E-state index in [1.807, 2.05) is 0 Å². The highest BCUT2D eigenvalue weighted by molar-refractivity contribution is 5.94. The lowest BCUT2D eigenvalue weighted by Gasteiger charge is -2.31. The Kier molecular flexibility index (Phi) is 4.62. The minimum atomic E-state index is -0.882. The highest BCUT2D eigenvalue weighted by Gasteiger charge is 2.29. The second kappa shape index (κ2) is 6.43. The number of carboxylic acid groups (broad SMARTS) is 1. The smallest absolute Gasteiger partial charge is 0.308 e. The van der Waals surface area contributed by atoms with Crippen molar-refractivity contribution in [2.45, 2.75) is 12.8 Å². The predicted octanol–water partition coefficient (Wildman–Crippen LogP) is 0.675. The third-order valence-electron chi connectivity index (χ3n) is 3.57. The molecule has 1 fully saturated rings. The Morgan fingerprint density at radius 1 is 1.48 bits per heavy atom. The zero-order valence-corrected chi connectivity index (χ0v) is 11.8. The molecular formula is C14H18N2O5. The third-order valence-corrected chi connectivity index (χ3v) is 3.57. The summed E-state index contributed by atoms with van der Waals surface area (Å²) >= 11 is 0. The van der Waals surface area contributed by atoms with Crippen molar-refractivity contribution in [2.24, 2.45) is 5.92 Å². The fourth-order valence-corrected chi connectivity index (χ4v) is 2.37. The lowest BCUT2D eigenvalue weighted by molar-refractivity contribution is -0.145. The van der Waals surface area contributed by atoms with Crippen molar-refractivity contribution in [3.05, 3.63) is 24.2 Å². The second-order valence-corrected chi connectivity index (χ2v) is 5.16. The van der Waals surface area contributed by atoms with Gasteiger partial charge in [-0.25, -0.2) is 0 Å². The summed E-state index contributed by atoms with van der Waals surface area (Å²) in [5.74, 6) is -1.85. The first-order valence-electron chi connectivity index (χ1n) is 6.78. The van der Waals surface area contributed by atoms with E-state index in [1.165, 1.54) is 29.2 Å². The molecule has 0 unspecified atom stereocenters. The third kappa shape index (κ3) is 3.62. The maximum Gasteiger partial charge on any atom is 0.308 e. The normalized spacial score (nSPS) is 18.3. The van der Waals surface area contributed by atoms with Gasteiger partial charge in [-0.3, -0.25) is 14.4 Å². The van der Waals surface area contributed by atoms with Crippen molar-refractivity contribution >= 4 is 17.8 Å². The molecule has 7 nitrogen and oxygen atoms in total. The van der Waals surface area contributed by atoms with Gasteiger partial charge in [-0.2, -0.15) is 0 Å². The van der Waals surface area contributed by atoms with Crippen LogP contribution in [0.25, 0.3) is 0 Å². The van der Waals surface area contributed by atoms with Crippen molar-refractivity contribution in [3.8, 4) is 0 Å². The summed E-state index contributed by atoms with van der Waals surface area (Å²) in [6.07, 6.45) is 2.64. The molecule has 0 radical (unpaired) electrons. The summed E-state index contributed by atoms with van der Waals surface area (Å²) in [5.41, 5.74) is 0. The van der Waals surface area contributed by atoms with E-state index in [4.69, 9.17) is 9.52 Å². The van der Waals surface area contributed by atoms with Gasteiger partial charge < -0.3 is 19.3 Å². The minimum Gasteiger partial charge on any atom is -0.481 e. The van der Waals surface area contributed by atoms with E-state index in [-0.39, 0.29) is 30.7 Å². The molecule has 1 N–H and O–H groups in total. The fourth-order valence-electron chi connectivity index (χ4n) is 2.37. The van der Waals surface area contributed by atoms with E-state index >= 15 is 0 Å². The molecule has 1 aliphatic rings. The van der Waals surface area contributed by atoms with Gasteiger partial charge in [-0.1, -0.05) is 0 Å². The Labute approximate surface area is 122 Å². The Morgan fingerprint density at radius 3 is 2.86 bits per heavy atom. The Hall–Kier alpha value is -2.31. The average Bonchev–Trinajstić information content (AvgIpc) is 3.00. The molecule has 114 valence electrons. The minimum absolute atomic E-state index is 0.0914. The molecule has 1 aromatic rings. The monoisotopic (exact) mass is 294 g/mol. The number of carbonyl (C=O) groups is 3. The number of amides is 2. The van der Waals surface area contributed by atoms with Crippen LogP contribution in [0, 0.1) is 5.92 Å². The molecule has 0 spiro atoms. The molecule has 0 saturated carbocycles. The fraction of sp³-hybridized carbons (Fsp3) is 0.500. The molecule has 0 aromatic carbocycles. The van der Waals surface area contributed by atoms with Crippen LogP contribution >= 0.6 is 0 Å². The summed E-state index contributed by atoms with van der Waals surface area (Å²) in [7, 11) is 1.52. The van der Waals surface area contributed by atoms with E-state index in [9.17, 15) is 14.4 Å². The number of carboxylic acids is 1. The summed E-state index contributed by atoms with van der Waals surface area (Å²) in [6, 6.07) is 3.13. The predicted molar refractivity (Wildman–Crippen MR) is 72.6 cm³/mol. The molecule has 2 heterocycles. The quantitative estimate of drug-likeness (QED) is 0.881. The first-order valence-corrected chi connectivity index (χ1v) is 6.78. The Morgan fingerprint density at radius 2 is 2.24 bits per heavy atom. The van der Waals surface area contributed by atoms with Crippen LogP contribution in [-0.2, 0) is 9.59 Å². The number of aliphatic carboxylic acids is 1. The van der Waals surface area contributed by atoms with Crippen LogP contribution in [-0.4, -0.2) is 59.4 Å². The van der Waals surface area contributed by atoms with Crippen LogP contribution in [0.5, 0.6) is 0 Å². The summed E-state index contributed by atoms with van der Waals surface area (Å²) in [4.78, 5) is 37.9. The lowest BCUT2D eigenvalue weighted by atomic mass is 9.98. The highest BCUT2D eigenvalue weighted by atomic mass is 16.4. The number of hydrogen-bond donors (Lipinski definition) is 1. The van der Waals surface area contributed by atoms with Crippen molar-refractivity contribution < 1.29 is 23.9 Å². The summed E-state index contributed by atoms with van der Waals surface area (Å²) in [6.45, 7) is 0.647. The van der Waals surface area contributed by atoms with Crippen LogP contribution in [0.2, 0.25) is 0 Å². The molecule has 1 atom stereocenters. The van der Waals surface area contributed by atoms with Gasteiger partial charge in [0.2, 0.25) is 5.91 Å². The zero-order valence-electron chi connectivity index (χ0n) is 11.8. The van der Waals surface area contributed by atoms with Crippen molar-refractivity contribution in [2.75, 3.05) is 26.7 Å². The number of likely N-dealkylation sites (N-methyl/N-ethyl adjacent to an activating group) is 1. The molecule has 2 amide bonds.